The number of hydrogen-bond donors (Lipinski definition) is 1. The fourth-order valence-corrected chi connectivity index (χ4v) is 3.33. The lowest BCUT2D eigenvalue weighted by Gasteiger charge is -2.10. The number of carbonyl (C=O) groups excluding carboxylic acids is 1. The Morgan fingerprint density at radius 1 is 1.00 bits per heavy atom. The number of carbonyl (C=O) groups is 1. The SMILES string of the molecule is COc1ccc(-c2nn(-c3ccccc3)cc2C(=O)NCc2ccc(F)cc2)c(OC)c1. The lowest BCUT2D eigenvalue weighted by molar-refractivity contribution is 0.0951. The molecular weight excluding hydrogens is 409 g/mol. The van der Waals surface area contributed by atoms with E-state index in [4.69, 9.17) is 9.47 Å². The van der Waals surface area contributed by atoms with Crippen LogP contribution in [-0.2, 0) is 6.54 Å². The van der Waals surface area contributed by atoms with Gasteiger partial charge >= 0.3 is 0 Å². The number of nitrogens with zero attached hydrogens (tertiary/aromatic N) is 2. The second-order valence-corrected chi connectivity index (χ2v) is 7.05. The number of para-hydroxylation sites is 1. The van der Waals surface area contributed by atoms with E-state index in [1.165, 1.54) is 12.1 Å². The molecule has 1 N–H and O–H groups in total. The zero-order valence-electron chi connectivity index (χ0n) is 17.7. The maximum Gasteiger partial charge on any atom is 0.255 e. The van der Waals surface area contributed by atoms with Crippen molar-refractivity contribution < 1.29 is 18.7 Å². The van der Waals surface area contributed by atoms with Gasteiger partial charge in [0.15, 0.2) is 0 Å². The van der Waals surface area contributed by atoms with E-state index in [2.05, 4.69) is 10.4 Å². The lowest BCUT2D eigenvalue weighted by atomic mass is 10.1. The van der Waals surface area contributed by atoms with Crippen LogP contribution in [-0.4, -0.2) is 29.9 Å². The third-order valence-electron chi connectivity index (χ3n) is 5.01. The van der Waals surface area contributed by atoms with Gasteiger partial charge in [0, 0.05) is 24.4 Å². The quantitative estimate of drug-likeness (QED) is 0.464. The fourth-order valence-electron chi connectivity index (χ4n) is 3.33. The van der Waals surface area contributed by atoms with E-state index >= 15 is 0 Å². The number of rotatable bonds is 7. The fraction of sp³-hybridized carbons (Fsp3) is 0.120. The van der Waals surface area contributed by atoms with Gasteiger partial charge < -0.3 is 14.8 Å². The Hall–Kier alpha value is -4.13. The summed E-state index contributed by atoms with van der Waals surface area (Å²) in [6, 6.07) is 20.9. The summed E-state index contributed by atoms with van der Waals surface area (Å²) in [6.45, 7) is 0.259. The number of nitrogens with one attached hydrogen (secondary N) is 1. The summed E-state index contributed by atoms with van der Waals surface area (Å²) in [6.07, 6.45) is 1.69. The van der Waals surface area contributed by atoms with Crippen LogP contribution in [0.1, 0.15) is 15.9 Å². The zero-order valence-corrected chi connectivity index (χ0v) is 17.7. The first-order valence-corrected chi connectivity index (χ1v) is 9.99. The smallest absolute Gasteiger partial charge is 0.255 e. The van der Waals surface area contributed by atoms with Crippen LogP contribution in [0.4, 0.5) is 4.39 Å². The van der Waals surface area contributed by atoms with Crippen LogP contribution >= 0.6 is 0 Å². The number of amides is 1. The van der Waals surface area contributed by atoms with E-state index in [-0.39, 0.29) is 18.3 Å². The summed E-state index contributed by atoms with van der Waals surface area (Å²) in [7, 11) is 3.13. The van der Waals surface area contributed by atoms with Gasteiger partial charge in [-0.15, -0.1) is 0 Å². The second-order valence-electron chi connectivity index (χ2n) is 7.05. The Morgan fingerprint density at radius 2 is 1.75 bits per heavy atom. The van der Waals surface area contributed by atoms with Gasteiger partial charge in [-0.1, -0.05) is 30.3 Å². The van der Waals surface area contributed by atoms with Crippen LogP contribution < -0.4 is 14.8 Å². The van der Waals surface area contributed by atoms with Crippen molar-refractivity contribution in [3.05, 3.63) is 95.9 Å². The second kappa shape index (κ2) is 9.34. The van der Waals surface area contributed by atoms with E-state index in [0.717, 1.165) is 11.3 Å². The number of benzene rings is 3. The number of methoxy groups -OCH3 is 2. The van der Waals surface area contributed by atoms with E-state index < -0.39 is 0 Å². The summed E-state index contributed by atoms with van der Waals surface area (Å²) in [5, 5.41) is 7.58. The predicted molar refractivity (Wildman–Crippen MR) is 120 cm³/mol. The molecule has 1 aromatic heterocycles. The minimum absolute atomic E-state index is 0.259. The van der Waals surface area contributed by atoms with Crippen molar-refractivity contribution in [1.82, 2.24) is 15.1 Å². The molecule has 0 bridgehead atoms. The van der Waals surface area contributed by atoms with Gasteiger partial charge in [-0.3, -0.25) is 4.79 Å². The maximum atomic E-state index is 13.2. The monoisotopic (exact) mass is 431 g/mol. The third-order valence-corrected chi connectivity index (χ3v) is 5.01. The molecule has 0 saturated carbocycles. The molecule has 0 aliphatic carbocycles. The van der Waals surface area contributed by atoms with Crippen LogP contribution in [0.2, 0.25) is 0 Å². The Balaban J connectivity index is 1.72. The molecule has 0 unspecified atom stereocenters. The van der Waals surface area contributed by atoms with Crippen molar-refractivity contribution in [2.24, 2.45) is 0 Å². The Bertz CT molecular complexity index is 1220. The third kappa shape index (κ3) is 4.46. The van der Waals surface area contributed by atoms with E-state index in [9.17, 15) is 9.18 Å². The molecule has 0 aliphatic rings. The van der Waals surface area contributed by atoms with E-state index in [1.54, 1.807) is 49.4 Å². The van der Waals surface area contributed by atoms with Gasteiger partial charge in [0.25, 0.3) is 5.91 Å². The predicted octanol–water partition coefficient (Wildman–Crippen LogP) is 4.63. The molecule has 0 fully saturated rings. The molecule has 3 aromatic carbocycles. The van der Waals surface area contributed by atoms with E-state index in [1.807, 2.05) is 36.4 Å². The van der Waals surface area contributed by atoms with Gasteiger partial charge in [0.2, 0.25) is 0 Å². The molecule has 6 nitrogen and oxygen atoms in total. The topological polar surface area (TPSA) is 65.4 Å². The Morgan fingerprint density at radius 3 is 2.44 bits per heavy atom. The average Bonchev–Trinajstić information content (AvgIpc) is 3.29. The van der Waals surface area contributed by atoms with Gasteiger partial charge in [0.1, 0.15) is 23.0 Å². The van der Waals surface area contributed by atoms with Crippen molar-refractivity contribution >= 4 is 5.91 Å². The zero-order chi connectivity index (χ0) is 22.5. The molecular formula is C25H22FN3O3. The molecule has 1 amide bonds. The van der Waals surface area contributed by atoms with Crippen molar-refractivity contribution in [3.8, 4) is 28.4 Å². The normalized spacial score (nSPS) is 10.6. The molecule has 4 aromatic rings. The van der Waals surface area contributed by atoms with Crippen molar-refractivity contribution in [2.45, 2.75) is 6.54 Å². The van der Waals surface area contributed by atoms with Gasteiger partial charge in [0.05, 0.1) is 25.5 Å². The van der Waals surface area contributed by atoms with E-state index in [0.29, 0.717) is 28.3 Å². The standard InChI is InChI=1S/C25H22FN3O3/c1-31-20-12-13-21(23(14-20)32-2)24-22(16-29(28-24)19-6-4-3-5-7-19)25(30)27-15-17-8-10-18(26)11-9-17/h3-14,16H,15H2,1-2H3,(H,27,30). The van der Waals surface area contributed by atoms with Crippen molar-refractivity contribution in [2.75, 3.05) is 14.2 Å². The molecule has 0 spiro atoms. The van der Waals surface area contributed by atoms with Crippen LogP contribution in [0.3, 0.4) is 0 Å². The highest BCUT2D eigenvalue weighted by Crippen LogP contribution is 2.34. The molecule has 0 aliphatic heterocycles. The van der Waals surface area contributed by atoms with Crippen molar-refractivity contribution in [3.63, 3.8) is 0 Å². The minimum atomic E-state index is -0.321. The summed E-state index contributed by atoms with van der Waals surface area (Å²) in [5.74, 6) is 0.549. The molecule has 0 atom stereocenters. The molecule has 0 radical (unpaired) electrons. The highest BCUT2D eigenvalue weighted by atomic mass is 19.1. The average molecular weight is 431 g/mol. The number of halogens is 1. The van der Waals surface area contributed by atoms with Gasteiger partial charge in [-0.05, 0) is 42.0 Å². The lowest BCUT2D eigenvalue weighted by Crippen LogP contribution is -2.23. The summed E-state index contributed by atoms with van der Waals surface area (Å²) >= 11 is 0. The van der Waals surface area contributed by atoms with Gasteiger partial charge in [-0.25, -0.2) is 9.07 Å². The highest BCUT2D eigenvalue weighted by molar-refractivity contribution is 6.00. The highest BCUT2D eigenvalue weighted by Gasteiger charge is 2.21. The van der Waals surface area contributed by atoms with Crippen LogP contribution in [0, 0.1) is 5.82 Å². The molecule has 162 valence electrons. The van der Waals surface area contributed by atoms with Crippen LogP contribution in [0.5, 0.6) is 11.5 Å². The van der Waals surface area contributed by atoms with Crippen LogP contribution in [0.25, 0.3) is 16.9 Å². The van der Waals surface area contributed by atoms with Crippen molar-refractivity contribution in [1.29, 1.82) is 0 Å². The molecule has 0 saturated heterocycles. The number of aromatic nitrogens is 2. The first kappa shape index (κ1) is 21.1. The first-order chi connectivity index (χ1) is 15.6. The first-order valence-electron chi connectivity index (χ1n) is 9.99. The van der Waals surface area contributed by atoms with Crippen LogP contribution in [0.15, 0.2) is 79.0 Å². The Labute approximate surface area is 185 Å². The summed E-state index contributed by atoms with van der Waals surface area (Å²) < 4.78 is 25.6. The summed E-state index contributed by atoms with van der Waals surface area (Å²) in [4.78, 5) is 13.1. The number of hydrogen-bond acceptors (Lipinski definition) is 4. The minimum Gasteiger partial charge on any atom is -0.497 e. The molecule has 4 rings (SSSR count). The Kier molecular flexibility index (Phi) is 6.17. The van der Waals surface area contributed by atoms with Gasteiger partial charge in [-0.2, -0.15) is 5.10 Å². The molecule has 32 heavy (non-hydrogen) atoms. The number of ether oxygens (including phenoxy) is 2. The largest absolute Gasteiger partial charge is 0.497 e. The molecule has 1 heterocycles. The summed E-state index contributed by atoms with van der Waals surface area (Å²) in [5.41, 5.74) is 3.14. The molecule has 7 heteroatoms. The maximum absolute atomic E-state index is 13.2.